The molecule has 1 heterocycles. The van der Waals surface area contributed by atoms with Gasteiger partial charge in [-0.15, -0.1) is 0 Å². The molecular formula is C19H17ClN2O3. The van der Waals surface area contributed by atoms with Gasteiger partial charge in [-0.25, -0.2) is 0 Å². The molecule has 0 unspecified atom stereocenters. The summed E-state index contributed by atoms with van der Waals surface area (Å²) >= 11 is 6.09. The van der Waals surface area contributed by atoms with E-state index in [1.807, 2.05) is 30.3 Å². The molecule has 0 aliphatic carbocycles. The third-order valence-corrected chi connectivity index (χ3v) is 4.11. The van der Waals surface area contributed by atoms with Crippen molar-refractivity contribution in [1.29, 1.82) is 0 Å². The first-order valence-corrected chi connectivity index (χ1v) is 8.04. The summed E-state index contributed by atoms with van der Waals surface area (Å²) in [7, 11) is 3.03. The van der Waals surface area contributed by atoms with Crippen molar-refractivity contribution in [2.24, 2.45) is 0 Å². The summed E-state index contributed by atoms with van der Waals surface area (Å²) in [5.41, 5.74) is 2.18. The number of nitrogens with one attached hydrogen (secondary N) is 1. The molecule has 1 aromatic heterocycles. The van der Waals surface area contributed by atoms with Crippen LogP contribution in [0.4, 0.5) is 5.69 Å². The van der Waals surface area contributed by atoms with Gasteiger partial charge in [0.25, 0.3) is 0 Å². The van der Waals surface area contributed by atoms with Gasteiger partial charge in [0.1, 0.15) is 11.5 Å². The zero-order valence-corrected chi connectivity index (χ0v) is 14.6. The molecule has 2 aromatic carbocycles. The fraction of sp³-hybridized carbons (Fsp3) is 0.158. The lowest BCUT2D eigenvalue weighted by atomic mass is 10.1. The number of carbonyl (C=O) groups excluding carboxylic acids is 1. The Morgan fingerprint density at radius 2 is 1.88 bits per heavy atom. The lowest BCUT2D eigenvalue weighted by molar-refractivity contribution is -0.115. The summed E-state index contributed by atoms with van der Waals surface area (Å²) in [6, 6.07) is 12.9. The summed E-state index contributed by atoms with van der Waals surface area (Å²) in [5.74, 6) is 0.751. The maximum absolute atomic E-state index is 12.5. The highest BCUT2D eigenvalue weighted by molar-refractivity contribution is 6.32. The van der Waals surface area contributed by atoms with E-state index >= 15 is 0 Å². The number of pyridine rings is 1. The monoisotopic (exact) mass is 356 g/mol. The summed E-state index contributed by atoms with van der Waals surface area (Å²) in [6.07, 6.45) is 1.92. The highest BCUT2D eigenvalue weighted by Gasteiger charge is 2.14. The van der Waals surface area contributed by atoms with Crippen molar-refractivity contribution in [1.82, 2.24) is 4.98 Å². The average Bonchev–Trinajstić information content (AvgIpc) is 2.63. The molecule has 6 heteroatoms. The summed E-state index contributed by atoms with van der Waals surface area (Å²) < 4.78 is 10.5. The number of rotatable bonds is 5. The standard InChI is InChI=1S/C19H17ClN2O3/c1-24-16-11-15(17(25-2)10-14(16)20)22-18(23)9-13-6-3-5-12-7-4-8-21-19(12)13/h3-8,10-11H,9H2,1-2H3,(H,22,23). The van der Waals surface area contributed by atoms with Gasteiger partial charge in [0, 0.05) is 23.7 Å². The van der Waals surface area contributed by atoms with E-state index in [9.17, 15) is 4.79 Å². The molecule has 5 nitrogen and oxygen atoms in total. The number of fused-ring (bicyclic) bond motifs is 1. The molecule has 0 aliphatic rings. The number of halogens is 1. The van der Waals surface area contributed by atoms with Crippen molar-refractivity contribution in [3.63, 3.8) is 0 Å². The first kappa shape index (κ1) is 17.0. The molecule has 0 saturated heterocycles. The molecular weight excluding hydrogens is 340 g/mol. The number of para-hydroxylation sites is 1. The molecule has 25 heavy (non-hydrogen) atoms. The lowest BCUT2D eigenvalue weighted by Crippen LogP contribution is -2.15. The first-order chi connectivity index (χ1) is 12.1. The Morgan fingerprint density at radius 1 is 1.12 bits per heavy atom. The second kappa shape index (κ2) is 7.40. The van der Waals surface area contributed by atoms with E-state index < -0.39 is 0 Å². The number of ether oxygens (including phenoxy) is 2. The minimum absolute atomic E-state index is 0.180. The van der Waals surface area contributed by atoms with Crippen LogP contribution >= 0.6 is 11.6 Å². The molecule has 1 N–H and O–H groups in total. The van der Waals surface area contributed by atoms with Crippen molar-refractivity contribution in [3.05, 3.63) is 59.2 Å². The van der Waals surface area contributed by atoms with Crippen LogP contribution in [0.5, 0.6) is 11.5 Å². The van der Waals surface area contributed by atoms with Gasteiger partial charge in [-0.05, 0) is 11.6 Å². The van der Waals surface area contributed by atoms with Crippen LogP contribution in [0.25, 0.3) is 10.9 Å². The van der Waals surface area contributed by atoms with Crippen LogP contribution in [0.15, 0.2) is 48.7 Å². The zero-order valence-electron chi connectivity index (χ0n) is 13.9. The quantitative estimate of drug-likeness (QED) is 0.748. The van der Waals surface area contributed by atoms with Crippen molar-refractivity contribution in [2.45, 2.75) is 6.42 Å². The van der Waals surface area contributed by atoms with Crippen molar-refractivity contribution >= 4 is 34.1 Å². The minimum atomic E-state index is -0.180. The second-order valence-corrected chi connectivity index (χ2v) is 5.81. The molecule has 0 saturated carbocycles. The summed E-state index contributed by atoms with van der Waals surface area (Å²) in [5, 5.41) is 4.26. The van der Waals surface area contributed by atoms with Crippen LogP contribution < -0.4 is 14.8 Å². The number of carbonyl (C=O) groups is 1. The minimum Gasteiger partial charge on any atom is -0.495 e. The Balaban J connectivity index is 1.85. The molecule has 0 aliphatic heterocycles. The number of aromatic nitrogens is 1. The maximum Gasteiger partial charge on any atom is 0.228 e. The van der Waals surface area contributed by atoms with Crippen LogP contribution in [-0.2, 0) is 11.2 Å². The highest BCUT2D eigenvalue weighted by Crippen LogP contribution is 2.36. The van der Waals surface area contributed by atoms with Gasteiger partial charge in [-0.1, -0.05) is 35.9 Å². The van der Waals surface area contributed by atoms with Crippen molar-refractivity contribution in [3.8, 4) is 11.5 Å². The molecule has 0 fully saturated rings. The van der Waals surface area contributed by atoms with E-state index in [1.165, 1.54) is 14.2 Å². The number of methoxy groups -OCH3 is 2. The number of amides is 1. The number of hydrogen-bond donors (Lipinski definition) is 1. The average molecular weight is 357 g/mol. The van der Waals surface area contributed by atoms with Crippen molar-refractivity contribution < 1.29 is 14.3 Å². The lowest BCUT2D eigenvalue weighted by Gasteiger charge is -2.13. The fourth-order valence-corrected chi connectivity index (χ4v) is 2.87. The molecule has 128 valence electrons. The normalized spacial score (nSPS) is 10.5. The molecule has 3 aromatic rings. The number of benzene rings is 2. The molecule has 0 spiro atoms. The third kappa shape index (κ3) is 3.67. The second-order valence-electron chi connectivity index (χ2n) is 5.40. The zero-order chi connectivity index (χ0) is 17.8. The Labute approximate surface area is 150 Å². The largest absolute Gasteiger partial charge is 0.495 e. The van der Waals surface area contributed by atoms with Crippen LogP contribution in [0, 0.1) is 0 Å². The van der Waals surface area contributed by atoms with Gasteiger partial charge in [-0.2, -0.15) is 0 Å². The molecule has 3 rings (SSSR count). The third-order valence-electron chi connectivity index (χ3n) is 3.82. The Morgan fingerprint density at radius 3 is 2.64 bits per heavy atom. The number of nitrogens with zero attached hydrogens (tertiary/aromatic N) is 1. The van der Waals surface area contributed by atoms with Gasteiger partial charge >= 0.3 is 0 Å². The predicted octanol–water partition coefficient (Wildman–Crippen LogP) is 4.09. The smallest absolute Gasteiger partial charge is 0.228 e. The van der Waals surface area contributed by atoms with Gasteiger partial charge in [0.15, 0.2) is 0 Å². The SMILES string of the molecule is COc1cc(NC(=O)Cc2cccc3cccnc23)c(OC)cc1Cl. The molecule has 0 bridgehead atoms. The van der Waals surface area contributed by atoms with Gasteiger partial charge in [0.05, 0.1) is 36.9 Å². The predicted molar refractivity (Wildman–Crippen MR) is 98.6 cm³/mol. The number of anilines is 1. The van der Waals surface area contributed by atoms with Crippen molar-refractivity contribution in [2.75, 3.05) is 19.5 Å². The Kier molecular flexibility index (Phi) is 5.05. The Hall–Kier alpha value is -2.79. The fourth-order valence-electron chi connectivity index (χ4n) is 2.64. The van der Waals surface area contributed by atoms with Crippen LogP contribution in [0.2, 0.25) is 5.02 Å². The van der Waals surface area contributed by atoms with E-state index in [-0.39, 0.29) is 12.3 Å². The molecule has 0 atom stereocenters. The molecule has 0 radical (unpaired) electrons. The van der Waals surface area contributed by atoms with E-state index in [0.717, 1.165) is 16.5 Å². The van der Waals surface area contributed by atoms with Gasteiger partial charge in [-0.3, -0.25) is 9.78 Å². The molecule has 1 amide bonds. The summed E-state index contributed by atoms with van der Waals surface area (Å²) in [4.78, 5) is 16.9. The topological polar surface area (TPSA) is 60.5 Å². The first-order valence-electron chi connectivity index (χ1n) is 7.66. The van der Waals surface area contributed by atoms with Gasteiger partial charge < -0.3 is 14.8 Å². The van der Waals surface area contributed by atoms with E-state index in [4.69, 9.17) is 21.1 Å². The van der Waals surface area contributed by atoms with E-state index in [1.54, 1.807) is 18.3 Å². The van der Waals surface area contributed by atoms with Crippen LogP contribution in [0.3, 0.4) is 0 Å². The van der Waals surface area contributed by atoms with E-state index in [0.29, 0.717) is 22.2 Å². The van der Waals surface area contributed by atoms with Crippen LogP contribution in [0.1, 0.15) is 5.56 Å². The van der Waals surface area contributed by atoms with Crippen LogP contribution in [-0.4, -0.2) is 25.1 Å². The maximum atomic E-state index is 12.5. The summed E-state index contributed by atoms with van der Waals surface area (Å²) in [6.45, 7) is 0. The van der Waals surface area contributed by atoms with Gasteiger partial charge in [0.2, 0.25) is 5.91 Å². The number of hydrogen-bond acceptors (Lipinski definition) is 4. The Bertz CT molecular complexity index is 922. The van der Waals surface area contributed by atoms with E-state index in [2.05, 4.69) is 10.3 Å². The highest BCUT2D eigenvalue weighted by atomic mass is 35.5.